The first-order chi connectivity index (χ1) is 13.2. The summed E-state index contributed by atoms with van der Waals surface area (Å²) < 4.78 is 15.9. The molecule has 1 aromatic heterocycles. The molecular weight excluding hydrogens is 341 g/mol. The van der Waals surface area contributed by atoms with Gasteiger partial charge in [-0.05, 0) is 49.4 Å². The minimum atomic E-state index is -0.353. The minimum absolute atomic E-state index is 0.0262. The molecule has 4 nitrogen and oxygen atoms in total. The lowest BCUT2D eigenvalue weighted by atomic mass is 10.0. The number of amides is 1. The third-order valence-corrected chi connectivity index (χ3v) is 4.97. The standard InChI is InChI=1S/C22H22FN3O/c23-18-11-5-4-8-16(18)14-22(27)24-15-21-25-19-12-6-7-13-20(19)26(21)17-9-2-1-3-10-17/h1-5,8-11H,6-7,12-15H2,(H,24,27). The molecule has 0 fully saturated rings. The van der Waals surface area contributed by atoms with Gasteiger partial charge in [-0.15, -0.1) is 0 Å². The Morgan fingerprint density at radius 2 is 1.78 bits per heavy atom. The third kappa shape index (κ3) is 3.77. The highest BCUT2D eigenvalue weighted by atomic mass is 19.1. The number of nitrogens with zero attached hydrogens (tertiary/aromatic N) is 2. The largest absolute Gasteiger partial charge is 0.349 e. The van der Waals surface area contributed by atoms with Gasteiger partial charge in [-0.25, -0.2) is 9.37 Å². The molecule has 138 valence electrons. The molecule has 4 rings (SSSR count). The first kappa shape index (κ1) is 17.5. The number of rotatable bonds is 5. The molecule has 27 heavy (non-hydrogen) atoms. The highest BCUT2D eigenvalue weighted by molar-refractivity contribution is 5.78. The van der Waals surface area contributed by atoms with Crippen molar-refractivity contribution in [3.63, 3.8) is 0 Å². The van der Waals surface area contributed by atoms with E-state index in [1.807, 2.05) is 18.2 Å². The van der Waals surface area contributed by atoms with Crippen molar-refractivity contribution in [3.8, 4) is 5.69 Å². The van der Waals surface area contributed by atoms with Crippen LogP contribution in [0.1, 0.15) is 35.6 Å². The van der Waals surface area contributed by atoms with E-state index in [1.165, 1.54) is 11.8 Å². The van der Waals surface area contributed by atoms with Gasteiger partial charge < -0.3 is 5.32 Å². The predicted octanol–water partition coefficient (Wildman–Crippen LogP) is 3.75. The molecule has 0 saturated carbocycles. The van der Waals surface area contributed by atoms with Gasteiger partial charge in [0.05, 0.1) is 18.7 Å². The maximum atomic E-state index is 13.8. The molecule has 0 radical (unpaired) electrons. The molecule has 2 aromatic carbocycles. The minimum Gasteiger partial charge on any atom is -0.349 e. The fourth-order valence-corrected chi connectivity index (χ4v) is 3.65. The number of halogens is 1. The second kappa shape index (κ2) is 7.74. The van der Waals surface area contributed by atoms with Crippen LogP contribution < -0.4 is 5.32 Å². The summed E-state index contributed by atoms with van der Waals surface area (Å²) in [6.45, 7) is 0.329. The number of hydrogen-bond donors (Lipinski definition) is 1. The van der Waals surface area contributed by atoms with Gasteiger partial charge in [0.2, 0.25) is 5.91 Å². The van der Waals surface area contributed by atoms with Gasteiger partial charge in [0.25, 0.3) is 0 Å². The van der Waals surface area contributed by atoms with Crippen LogP contribution in [0.15, 0.2) is 54.6 Å². The zero-order chi connectivity index (χ0) is 18.6. The molecular formula is C22H22FN3O. The van der Waals surface area contributed by atoms with Crippen molar-refractivity contribution in [2.45, 2.75) is 38.6 Å². The van der Waals surface area contributed by atoms with E-state index in [0.717, 1.165) is 42.9 Å². The van der Waals surface area contributed by atoms with Gasteiger partial charge in [0, 0.05) is 11.4 Å². The van der Waals surface area contributed by atoms with E-state index in [0.29, 0.717) is 12.1 Å². The number of aryl methyl sites for hydroxylation is 1. The lowest BCUT2D eigenvalue weighted by Gasteiger charge is -2.15. The lowest BCUT2D eigenvalue weighted by Crippen LogP contribution is -2.26. The van der Waals surface area contributed by atoms with Gasteiger partial charge in [-0.1, -0.05) is 36.4 Å². The van der Waals surface area contributed by atoms with Gasteiger partial charge in [0.1, 0.15) is 11.6 Å². The number of carbonyl (C=O) groups is 1. The molecule has 0 aliphatic heterocycles. The summed E-state index contributed by atoms with van der Waals surface area (Å²) in [7, 11) is 0. The molecule has 1 aliphatic rings. The number of benzene rings is 2. The van der Waals surface area contributed by atoms with Gasteiger partial charge in [0.15, 0.2) is 0 Å². The molecule has 3 aromatic rings. The Balaban J connectivity index is 1.54. The quantitative estimate of drug-likeness (QED) is 0.750. The van der Waals surface area contributed by atoms with Crippen molar-refractivity contribution >= 4 is 5.91 Å². The highest BCUT2D eigenvalue weighted by Crippen LogP contribution is 2.25. The van der Waals surface area contributed by atoms with E-state index < -0.39 is 0 Å². The zero-order valence-corrected chi connectivity index (χ0v) is 15.1. The van der Waals surface area contributed by atoms with Crippen molar-refractivity contribution in [1.29, 1.82) is 0 Å². The molecule has 0 bridgehead atoms. The summed E-state index contributed by atoms with van der Waals surface area (Å²) >= 11 is 0. The smallest absolute Gasteiger partial charge is 0.224 e. The summed E-state index contributed by atoms with van der Waals surface area (Å²) in [6, 6.07) is 16.5. The number of nitrogens with one attached hydrogen (secondary N) is 1. The first-order valence-electron chi connectivity index (χ1n) is 9.37. The molecule has 1 heterocycles. The van der Waals surface area contributed by atoms with Crippen LogP contribution in [0.2, 0.25) is 0 Å². The Kier molecular flexibility index (Phi) is 5.01. The van der Waals surface area contributed by atoms with E-state index in [9.17, 15) is 9.18 Å². The summed E-state index contributed by atoms with van der Waals surface area (Å²) in [5.74, 6) is 0.268. The molecule has 0 unspecified atom stereocenters. The van der Waals surface area contributed by atoms with Crippen LogP contribution in [-0.4, -0.2) is 15.5 Å². The Morgan fingerprint density at radius 3 is 2.59 bits per heavy atom. The normalized spacial score (nSPS) is 13.2. The van der Waals surface area contributed by atoms with E-state index >= 15 is 0 Å². The molecule has 0 spiro atoms. The number of imidazole rings is 1. The molecule has 1 amide bonds. The maximum Gasteiger partial charge on any atom is 0.224 e. The summed E-state index contributed by atoms with van der Waals surface area (Å²) in [4.78, 5) is 17.1. The maximum absolute atomic E-state index is 13.8. The van der Waals surface area contributed by atoms with Crippen LogP contribution in [0.25, 0.3) is 5.69 Å². The van der Waals surface area contributed by atoms with Crippen molar-refractivity contribution in [2.24, 2.45) is 0 Å². The van der Waals surface area contributed by atoms with E-state index in [-0.39, 0.29) is 18.1 Å². The van der Waals surface area contributed by atoms with Gasteiger partial charge in [-0.3, -0.25) is 9.36 Å². The fraction of sp³-hybridized carbons (Fsp3) is 0.273. The molecule has 0 saturated heterocycles. The summed E-state index contributed by atoms with van der Waals surface area (Å²) in [5, 5.41) is 2.91. The number of carbonyl (C=O) groups excluding carboxylic acids is 1. The van der Waals surface area contributed by atoms with Crippen molar-refractivity contribution in [3.05, 3.63) is 83.2 Å². The van der Waals surface area contributed by atoms with Crippen LogP contribution in [-0.2, 0) is 30.6 Å². The molecule has 1 N–H and O–H groups in total. The van der Waals surface area contributed by atoms with Crippen LogP contribution >= 0.6 is 0 Å². The van der Waals surface area contributed by atoms with Gasteiger partial charge in [-0.2, -0.15) is 0 Å². The molecule has 1 aliphatic carbocycles. The Bertz CT molecular complexity index is 949. The average molecular weight is 363 g/mol. The van der Waals surface area contributed by atoms with Crippen LogP contribution in [0.3, 0.4) is 0 Å². The second-order valence-corrected chi connectivity index (χ2v) is 6.84. The molecule has 5 heteroatoms. The highest BCUT2D eigenvalue weighted by Gasteiger charge is 2.21. The van der Waals surface area contributed by atoms with Gasteiger partial charge >= 0.3 is 0 Å². The van der Waals surface area contributed by atoms with Crippen molar-refractivity contribution < 1.29 is 9.18 Å². The van der Waals surface area contributed by atoms with E-state index in [2.05, 4.69) is 22.0 Å². The Hall–Kier alpha value is -2.95. The van der Waals surface area contributed by atoms with E-state index in [4.69, 9.17) is 4.98 Å². The SMILES string of the molecule is O=C(Cc1ccccc1F)NCc1nc2c(n1-c1ccccc1)CCCC2. The third-order valence-electron chi connectivity index (χ3n) is 4.97. The monoisotopic (exact) mass is 363 g/mol. The number of hydrogen-bond acceptors (Lipinski definition) is 2. The van der Waals surface area contributed by atoms with Crippen LogP contribution in [0, 0.1) is 5.82 Å². The summed E-state index contributed by atoms with van der Waals surface area (Å²) in [5.41, 5.74) is 3.83. The summed E-state index contributed by atoms with van der Waals surface area (Å²) in [6.07, 6.45) is 4.31. The van der Waals surface area contributed by atoms with Crippen molar-refractivity contribution in [2.75, 3.05) is 0 Å². The number of fused-ring (bicyclic) bond motifs is 1. The van der Waals surface area contributed by atoms with Crippen LogP contribution in [0.4, 0.5) is 4.39 Å². The number of aromatic nitrogens is 2. The zero-order valence-electron chi connectivity index (χ0n) is 15.1. The molecule has 0 atom stereocenters. The number of para-hydroxylation sites is 1. The topological polar surface area (TPSA) is 46.9 Å². The van der Waals surface area contributed by atoms with Crippen molar-refractivity contribution in [1.82, 2.24) is 14.9 Å². The fourth-order valence-electron chi connectivity index (χ4n) is 3.65. The second-order valence-electron chi connectivity index (χ2n) is 6.84. The lowest BCUT2D eigenvalue weighted by molar-refractivity contribution is -0.120. The van der Waals surface area contributed by atoms with E-state index in [1.54, 1.807) is 18.2 Å². The Morgan fingerprint density at radius 1 is 1.04 bits per heavy atom. The van der Waals surface area contributed by atoms with Crippen LogP contribution in [0.5, 0.6) is 0 Å². The Labute approximate surface area is 158 Å². The predicted molar refractivity (Wildman–Crippen MR) is 102 cm³/mol. The first-order valence-corrected chi connectivity index (χ1v) is 9.37. The average Bonchev–Trinajstić information content (AvgIpc) is 3.07.